The standard InChI is InChI=1S/C14H25N5O/c1-10(2)11-4-6-19(7-5-11)14-8-12(18-15)16-13(17-14)9-20-3/h8,10-11H,4-7,9,15H2,1-3H3,(H,16,17,18). The number of hydrogen-bond donors (Lipinski definition) is 2. The minimum absolute atomic E-state index is 0.394. The van der Waals surface area contributed by atoms with Crippen LogP contribution in [0.25, 0.3) is 0 Å². The van der Waals surface area contributed by atoms with Gasteiger partial charge < -0.3 is 15.1 Å². The van der Waals surface area contributed by atoms with Gasteiger partial charge in [0.25, 0.3) is 0 Å². The van der Waals surface area contributed by atoms with Gasteiger partial charge in [-0.25, -0.2) is 15.8 Å². The molecule has 112 valence electrons. The largest absolute Gasteiger partial charge is 0.377 e. The third kappa shape index (κ3) is 3.58. The number of methoxy groups -OCH3 is 1. The molecule has 2 heterocycles. The summed E-state index contributed by atoms with van der Waals surface area (Å²) < 4.78 is 5.11. The molecule has 1 aliphatic heterocycles. The molecule has 0 amide bonds. The summed E-state index contributed by atoms with van der Waals surface area (Å²) in [7, 11) is 1.64. The number of rotatable bonds is 5. The quantitative estimate of drug-likeness (QED) is 0.632. The first-order chi connectivity index (χ1) is 9.63. The number of hydrogen-bond acceptors (Lipinski definition) is 6. The molecule has 1 aromatic rings. The SMILES string of the molecule is COCc1nc(NN)cc(N2CCC(C(C)C)CC2)n1. The van der Waals surface area contributed by atoms with E-state index < -0.39 is 0 Å². The van der Waals surface area contributed by atoms with E-state index in [1.165, 1.54) is 12.8 Å². The Bertz CT molecular complexity index is 430. The van der Waals surface area contributed by atoms with E-state index >= 15 is 0 Å². The number of anilines is 2. The van der Waals surface area contributed by atoms with Gasteiger partial charge in [-0.3, -0.25) is 0 Å². The van der Waals surface area contributed by atoms with E-state index in [1.54, 1.807) is 7.11 Å². The summed E-state index contributed by atoms with van der Waals surface area (Å²) in [6, 6.07) is 1.90. The highest BCUT2D eigenvalue weighted by molar-refractivity contribution is 5.49. The summed E-state index contributed by atoms with van der Waals surface area (Å²) in [6.07, 6.45) is 2.43. The molecule has 0 unspecified atom stereocenters. The Morgan fingerprint density at radius 3 is 2.65 bits per heavy atom. The van der Waals surface area contributed by atoms with Crippen molar-refractivity contribution in [1.82, 2.24) is 9.97 Å². The van der Waals surface area contributed by atoms with Gasteiger partial charge in [-0.1, -0.05) is 13.8 Å². The predicted octanol–water partition coefficient (Wildman–Crippen LogP) is 1.78. The van der Waals surface area contributed by atoms with Crippen molar-refractivity contribution in [1.29, 1.82) is 0 Å². The van der Waals surface area contributed by atoms with Gasteiger partial charge in [0.15, 0.2) is 5.82 Å². The highest BCUT2D eigenvalue weighted by Crippen LogP contribution is 2.27. The second-order valence-corrected chi connectivity index (χ2v) is 5.67. The van der Waals surface area contributed by atoms with E-state index in [0.29, 0.717) is 18.2 Å². The molecule has 0 aliphatic carbocycles. The summed E-state index contributed by atoms with van der Waals surface area (Å²) in [5, 5.41) is 0. The van der Waals surface area contributed by atoms with Crippen molar-refractivity contribution in [2.24, 2.45) is 17.7 Å². The van der Waals surface area contributed by atoms with Crippen LogP contribution in [-0.4, -0.2) is 30.2 Å². The first-order valence-corrected chi connectivity index (χ1v) is 7.22. The minimum Gasteiger partial charge on any atom is -0.377 e. The Kier molecular flexibility index (Phi) is 5.14. The molecule has 0 saturated carbocycles. The number of nitrogen functional groups attached to an aromatic ring is 1. The van der Waals surface area contributed by atoms with Crippen LogP contribution in [0, 0.1) is 11.8 Å². The highest BCUT2D eigenvalue weighted by atomic mass is 16.5. The first-order valence-electron chi connectivity index (χ1n) is 7.22. The van der Waals surface area contributed by atoms with E-state index in [4.69, 9.17) is 10.6 Å². The summed E-state index contributed by atoms with van der Waals surface area (Å²) >= 11 is 0. The van der Waals surface area contributed by atoms with Gasteiger partial charge in [0.05, 0.1) is 0 Å². The van der Waals surface area contributed by atoms with Crippen LogP contribution in [0.5, 0.6) is 0 Å². The summed E-state index contributed by atoms with van der Waals surface area (Å²) in [5.74, 6) is 9.27. The lowest BCUT2D eigenvalue weighted by atomic mass is 9.87. The second kappa shape index (κ2) is 6.85. The van der Waals surface area contributed by atoms with Crippen molar-refractivity contribution in [2.75, 3.05) is 30.5 Å². The molecule has 2 rings (SSSR count). The van der Waals surface area contributed by atoms with E-state index in [0.717, 1.165) is 30.7 Å². The maximum Gasteiger partial charge on any atom is 0.158 e. The van der Waals surface area contributed by atoms with Crippen molar-refractivity contribution >= 4 is 11.6 Å². The molecule has 0 atom stereocenters. The zero-order chi connectivity index (χ0) is 14.5. The lowest BCUT2D eigenvalue weighted by Crippen LogP contribution is -2.36. The van der Waals surface area contributed by atoms with Crippen LogP contribution in [0.3, 0.4) is 0 Å². The number of aromatic nitrogens is 2. The van der Waals surface area contributed by atoms with Crippen LogP contribution >= 0.6 is 0 Å². The molecule has 0 spiro atoms. The monoisotopic (exact) mass is 279 g/mol. The molecule has 1 aromatic heterocycles. The fourth-order valence-electron chi connectivity index (χ4n) is 2.71. The fraction of sp³-hybridized carbons (Fsp3) is 0.714. The average molecular weight is 279 g/mol. The van der Waals surface area contributed by atoms with Gasteiger partial charge in [-0.15, -0.1) is 0 Å². The summed E-state index contributed by atoms with van der Waals surface area (Å²) in [5.41, 5.74) is 2.60. The maximum absolute atomic E-state index is 5.48. The Morgan fingerprint density at radius 2 is 2.10 bits per heavy atom. The number of piperidine rings is 1. The molecule has 1 fully saturated rings. The topological polar surface area (TPSA) is 76.3 Å². The smallest absolute Gasteiger partial charge is 0.158 e. The normalized spacial score (nSPS) is 16.8. The third-order valence-corrected chi connectivity index (χ3v) is 3.99. The van der Waals surface area contributed by atoms with Crippen molar-refractivity contribution in [3.05, 3.63) is 11.9 Å². The van der Waals surface area contributed by atoms with E-state index in [1.807, 2.05) is 6.07 Å². The molecule has 1 aliphatic rings. The van der Waals surface area contributed by atoms with Crippen LogP contribution in [0.15, 0.2) is 6.07 Å². The van der Waals surface area contributed by atoms with Crippen molar-refractivity contribution in [2.45, 2.75) is 33.3 Å². The van der Waals surface area contributed by atoms with Gasteiger partial charge in [0.1, 0.15) is 18.2 Å². The van der Waals surface area contributed by atoms with Gasteiger partial charge in [0.2, 0.25) is 0 Å². The molecule has 0 radical (unpaired) electrons. The lowest BCUT2D eigenvalue weighted by Gasteiger charge is -2.34. The molecule has 0 bridgehead atoms. The van der Waals surface area contributed by atoms with Gasteiger partial charge in [-0.2, -0.15) is 0 Å². The van der Waals surface area contributed by atoms with E-state index in [-0.39, 0.29) is 0 Å². The molecular formula is C14H25N5O. The minimum atomic E-state index is 0.394. The van der Waals surface area contributed by atoms with Crippen LogP contribution in [0.2, 0.25) is 0 Å². The zero-order valence-electron chi connectivity index (χ0n) is 12.6. The fourth-order valence-corrected chi connectivity index (χ4v) is 2.71. The Morgan fingerprint density at radius 1 is 1.40 bits per heavy atom. The van der Waals surface area contributed by atoms with Gasteiger partial charge in [0, 0.05) is 26.3 Å². The predicted molar refractivity (Wildman–Crippen MR) is 80.3 cm³/mol. The zero-order valence-corrected chi connectivity index (χ0v) is 12.6. The van der Waals surface area contributed by atoms with Crippen LogP contribution in [0.4, 0.5) is 11.6 Å². The van der Waals surface area contributed by atoms with Crippen molar-refractivity contribution in [3.63, 3.8) is 0 Å². The van der Waals surface area contributed by atoms with Crippen molar-refractivity contribution in [3.8, 4) is 0 Å². The number of hydrazine groups is 1. The molecule has 6 heteroatoms. The summed E-state index contributed by atoms with van der Waals surface area (Å²) in [4.78, 5) is 11.1. The molecule has 20 heavy (non-hydrogen) atoms. The highest BCUT2D eigenvalue weighted by Gasteiger charge is 2.23. The number of ether oxygens (including phenoxy) is 1. The lowest BCUT2D eigenvalue weighted by molar-refractivity contribution is 0.178. The van der Waals surface area contributed by atoms with E-state index in [9.17, 15) is 0 Å². The van der Waals surface area contributed by atoms with Crippen LogP contribution in [-0.2, 0) is 11.3 Å². The molecule has 0 aromatic carbocycles. The maximum atomic E-state index is 5.48. The second-order valence-electron chi connectivity index (χ2n) is 5.67. The summed E-state index contributed by atoms with van der Waals surface area (Å²) in [6.45, 7) is 7.08. The van der Waals surface area contributed by atoms with Gasteiger partial charge >= 0.3 is 0 Å². The van der Waals surface area contributed by atoms with E-state index in [2.05, 4.69) is 34.1 Å². The number of nitrogens with one attached hydrogen (secondary N) is 1. The van der Waals surface area contributed by atoms with Crippen LogP contribution in [0.1, 0.15) is 32.5 Å². The van der Waals surface area contributed by atoms with Gasteiger partial charge in [-0.05, 0) is 24.7 Å². The molecule has 3 N–H and O–H groups in total. The molecule has 1 saturated heterocycles. The number of nitrogens with two attached hydrogens (primary N) is 1. The van der Waals surface area contributed by atoms with Crippen LogP contribution < -0.4 is 16.2 Å². The molecular weight excluding hydrogens is 254 g/mol. The Balaban J connectivity index is 2.10. The number of nitrogens with zero attached hydrogens (tertiary/aromatic N) is 3. The van der Waals surface area contributed by atoms with Crippen molar-refractivity contribution < 1.29 is 4.74 Å². The Labute approximate surface area is 120 Å². The third-order valence-electron chi connectivity index (χ3n) is 3.99. The first kappa shape index (κ1) is 15.0. The molecule has 6 nitrogen and oxygen atoms in total. The Hall–Kier alpha value is -1.40. The average Bonchev–Trinajstić information content (AvgIpc) is 2.47.